The first-order chi connectivity index (χ1) is 9.86. The van der Waals surface area contributed by atoms with Crippen LogP contribution in [-0.4, -0.2) is 43.7 Å². The van der Waals surface area contributed by atoms with Crippen molar-refractivity contribution in [3.63, 3.8) is 0 Å². The van der Waals surface area contributed by atoms with Gasteiger partial charge in [0.15, 0.2) is 0 Å². The monoisotopic (exact) mass is 273 g/mol. The molecular formula is C17H27N3. The highest BCUT2D eigenvalue weighted by Crippen LogP contribution is 2.29. The van der Waals surface area contributed by atoms with Gasteiger partial charge < -0.3 is 10.6 Å². The average molecular weight is 273 g/mol. The van der Waals surface area contributed by atoms with E-state index in [4.69, 9.17) is 0 Å². The number of likely N-dealkylation sites (N-methyl/N-ethyl adjacent to an activating group) is 1. The van der Waals surface area contributed by atoms with Crippen molar-refractivity contribution in [1.29, 1.82) is 0 Å². The zero-order chi connectivity index (χ0) is 13.8. The predicted octanol–water partition coefficient (Wildman–Crippen LogP) is 1.77. The lowest BCUT2D eigenvalue weighted by molar-refractivity contribution is 0.317. The Morgan fingerprint density at radius 3 is 2.70 bits per heavy atom. The van der Waals surface area contributed by atoms with Crippen LogP contribution in [0.3, 0.4) is 0 Å². The minimum absolute atomic E-state index is 0.688. The van der Waals surface area contributed by atoms with Crippen LogP contribution in [-0.2, 0) is 13.0 Å². The first kappa shape index (κ1) is 14.1. The Morgan fingerprint density at radius 1 is 1.15 bits per heavy atom. The lowest BCUT2D eigenvalue weighted by Gasteiger charge is -2.17. The molecule has 3 heteroatoms. The first-order valence-corrected chi connectivity index (χ1v) is 8.05. The molecular weight excluding hydrogens is 246 g/mol. The van der Waals surface area contributed by atoms with Gasteiger partial charge in [0.2, 0.25) is 0 Å². The maximum atomic E-state index is 3.77. The molecule has 2 N–H and O–H groups in total. The summed E-state index contributed by atoms with van der Waals surface area (Å²) in [5.74, 6) is 0. The number of rotatable bonds is 7. The Morgan fingerprint density at radius 2 is 1.95 bits per heavy atom. The van der Waals surface area contributed by atoms with Gasteiger partial charge in [0.05, 0.1) is 0 Å². The second-order valence-electron chi connectivity index (χ2n) is 6.21. The number of benzene rings is 1. The van der Waals surface area contributed by atoms with E-state index in [1.54, 1.807) is 0 Å². The van der Waals surface area contributed by atoms with Gasteiger partial charge >= 0.3 is 0 Å². The van der Waals surface area contributed by atoms with E-state index >= 15 is 0 Å². The maximum Gasteiger partial charge on any atom is 0.0211 e. The van der Waals surface area contributed by atoms with Crippen LogP contribution >= 0.6 is 0 Å². The molecule has 1 heterocycles. The smallest absolute Gasteiger partial charge is 0.0211 e. The maximum absolute atomic E-state index is 3.77. The largest absolute Gasteiger partial charge is 0.319 e. The molecule has 1 aromatic carbocycles. The van der Waals surface area contributed by atoms with E-state index in [0.29, 0.717) is 6.04 Å². The molecule has 0 radical (unpaired) electrons. The summed E-state index contributed by atoms with van der Waals surface area (Å²) in [7, 11) is 2.02. The van der Waals surface area contributed by atoms with Crippen molar-refractivity contribution in [3.05, 3.63) is 35.4 Å². The molecule has 1 aromatic rings. The van der Waals surface area contributed by atoms with Crippen molar-refractivity contribution in [3.8, 4) is 0 Å². The second kappa shape index (κ2) is 6.70. The summed E-state index contributed by atoms with van der Waals surface area (Å²) in [6.45, 7) is 4.62. The molecule has 0 bridgehead atoms. The molecule has 0 spiro atoms. The van der Waals surface area contributed by atoms with Crippen LogP contribution in [0.15, 0.2) is 24.3 Å². The fourth-order valence-electron chi connectivity index (χ4n) is 3.21. The highest BCUT2D eigenvalue weighted by atomic mass is 15.2. The number of hydrogen-bond acceptors (Lipinski definition) is 3. The van der Waals surface area contributed by atoms with E-state index in [-0.39, 0.29) is 0 Å². The van der Waals surface area contributed by atoms with Gasteiger partial charge in [0.1, 0.15) is 0 Å². The summed E-state index contributed by atoms with van der Waals surface area (Å²) in [6.07, 6.45) is 5.29. The highest BCUT2D eigenvalue weighted by molar-refractivity contribution is 5.27. The molecule has 20 heavy (non-hydrogen) atoms. The molecule has 1 unspecified atom stereocenters. The third-order valence-electron chi connectivity index (χ3n) is 4.63. The standard InChI is InChI=1S/C17H27N3/c1-18-10-8-14-4-2-3-5-15(14)12-19-16-9-11-20(13-16)17-6-7-17/h2-5,16-19H,6-13H2,1H3. The van der Waals surface area contributed by atoms with Gasteiger partial charge in [-0.2, -0.15) is 0 Å². The first-order valence-electron chi connectivity index (χ1n) is 8.05. The van der Waals surface area contributed by atoms with Crippen molar-refractivity contribution >= 4 is 0 Å². The zero-order valence-electron chi connectivity index (χ0n) is 12.6. The Hall–Kier alpha value is -0.900. The number of nitrogens with zero attached hydrogens (tertiary/aromatic N) is 1. The van der Waals surface area contributed by atoms with Crippen molar-refractivity contribution in [2.75, 3.05) is 26.7 Å². The molecule has 110 valence electrons. The van der Waals surface area contributed by atoms with Gasteiger partial charge in [0, 0.05) is 31.7 Å². The Kier molecular flexibility index (Phi) is 4.71. The fraction of sp³-hybridized carbons (Fsp3) is 0.647. The molecule has 1 aliphatic carbocycles. The van der Waals surface area contributed by atoms with Crippen LogP contribution in [0.5, 0.6) is 0 Å². The van der Waals surface area contributed by atoms with Gasteiger partial charge in [-0.3, -0.25) is 4.90 Å². The van der Waals surface area contributed by atoms with Crippen molar-refractivity contribution in [1.82, 2.24) is 15.5 Å². The second-order valence-corrected chi connectivity index (χ2v) is 6.21. The molecule has 1 saturated heterocycles. The van der Waals surface area contributed by atoms with Crippen molar-refractivity contribution in [2.24, 2.45) is 0 Å². The van der Waals surface area contributed by atoms with Gasteiger partial charge in [-0.15, -0.1) is 0 Å². The van der Waals surface area contributed by atoms with Crippen LogP contribution in [0, 0.1) is 0 Å². The number of hydrogen-bond donors (Lipinski definition) is 2. The molecule has 3 rings (SSSR count). The summed E-state index contributed by atoms with van der Waals surface area (Å²) in [5, 5.41) is 7.00. The molecule has 1 saturated carbocycles. The van der Waals surface area contributed by atoms with E-state index in [9.17, 15) is 0 Å². The van der Waals surface area contributed by atoms with Crippen LogP contribution in [0.2, 0.25) is 0 Å². The molecule has 1 aliphatic heterocycles. The lowest BCUT2D eigenvalue weighted by Crippen LogP contribution is -2.33. The molecule has 2 fully saturated rings. The number of likely N-dealkylation sites (tertiary alicyclic amines) is 1. The molecule has 0 aromatic heterocycles. The fourth-order valence-corrected chi connectivity index (χ4v) is 3.21. The van der Waals surface area contributed by atoms with E-state index in [0.717, 1.165) is 25.6 Å². The van der Waals surface area contributed by atoms with Crippen LogP contribution < -0.4 is 10.6 Å². The minimum atomic E-state index is 0.688. The third-order valence-corrected chi connectivity index (χ3v) is 4.63. The predicted molar refractivity (Wildman–Crippen MR) is 83.9 cm³/mol. The summed E-state index contributed by atoms with van der Waals surface area (Å²) in [5.41, 5.74) is 2.94. The van der Waals surface area contributed by atoms with Gasteiger partial charge in [-0.1, -0.05) is 24.3 Å². The van der Waals surface area contributed by atoms with E-state index in [1.807, 2.05) is 7.05 Å². The van der Waals surface area contributed by atoms with Crippen LogP contribution in [0.1, 0.15) is 30.4 Å². The molecule has 0 amide bonds. The summed E-state index contributed by atoms with van der Waals surface area (Å²) < 4.78 is 0. The van der Waals surface area contributed by atoms with E-state index < -0.39 is 0 Å². The normalized spacial score (nSPS) is 23.4. The minimum Gasteiger partial charge on any atom is -0.319 e. The average Bonchev–Trinajstić information content (AvgIpc) is 3.23. The van der Waals surface area contributed by atoms with E-state index in [1.165, 1.54) is 43.5 Å². The van der Waals surface area contributed by atoms with Crippen LogP contribution in [0.25, 0.3) is 0 Å². The molecule has 3 nitrogen and oxygen atoms in total. The Balaban J connectivity index is 1.50. The van der Waals surface area contributed by atoms with Crippen molar-refractivity contribution < 1.29 is 0 Å². The summed E-state index contributed by atoms with van der Waals surface area (Å²) in [6, 6.07) is 10.5. The topological polar surface area (TPSA) is 27.3 Å². The van der Waals surface area contributed by atoms with Gasteiger partial charge in [-0.25, -0.2) is 0 Å². The quantitative estimate of drug-likeness (QED) is 0.793. The summed E-state index contributed by atoms with van der Waals surface area (Å²) >= 11 is 0. The van der Waals surface area contributed by atoms with Gasteiger partial charge in [0.25, 0.3) is 0 Å². The van der Waals surface area contributed by atoms with Crippen molar-refractivity contribution in [2.45, 2.75) is 44.3 Å². The lowest BCUT2D eigenvalue weighted by atomic mass is 10.0. The zero-order valence-corrected chi connectivity index (χ0v) is 12.6. The third kappa shape index (κ3) is 3.60. The summed E-state index contributed by atoms with van der Waals surface area (Å²) in [4.78, 5) is 2.67. The molecule has 1 atom stereocenters. The van der Waals surface area contributed by atoms with E-state index in [2.05, 4.69) is 39.8 Å². The van der Waals surface area contributed by atoms with Crippen LogP contribution in [0.4, 0.5) is 0 Å². The molecule has 2 aliphatic rings. The Bertz CT molecular complexity index is 428. The SMILES string of the molecule is CNCCc1ccccc1CNC1CCN(C2CC2)C1. The Labute approximate surface area is 122 Å². The van der Waals surface area contributed by atoms with Gasteiger partial charge in [-0.05, 0) is 50.4 Å². The number of nitrogens with one attached hydrogen (secondary N) is 2. The highest BCUT2D eigenvalue weighted by Gasteiger charge is 2.34.